The number of hydrogen-bond donors (Lipinski definition) is 2. The molecule has 2 aliphatic rings. The molecule has 9 nitrogen and oxygen atoms in total. The Hall–Kier alpha value is -3.59. The molecule has 0 saturated carbocycles. The van der Waals surface area contributed by atoms with E-state index in [0.29, 0.717) is 42.0 Å². The smallest absolute Gasteiger partial charge is 0.257 e. The Bertz CT molecular complexity index is 1090. The summed E-state index contributed by atoms with van der Waals surface area (Å²) in [6, 6.07) is 12.0. The summed E-state index contributed by atoms with van der Waals surface area (Å²) in [6.45, 7) is 2.02. The van der Waals surface area contributed by atoms with Gasteiger partial charge in [-0.3, -0.25) is 14.4 Å². The SMILES string of the molecule is CCC(=O)Nc1ccc2c(c1)C(=O)N(C)[C@H]1CC[C@H](CC(=O)Nc3ccc(OC)cc3)O[C@@H]1CO2. The molecule has 3 amide bonds. The third kappa shape index (κ3) is 5.74. The molecule has 35 heavy (non-hydrogen) atoms. The van der Waals surface area contributed by atoms with Crippen molar-refractivity contribution in [2.75, 3.05) is 31.4 Å². The third-order valence-electron chi connectivity index (χ3n) is 6.40. The number of carbonyl (C=O) groups excluding carboxylic acids is 3. The summed E-state index contributed by atoms with van der Waals surface area (Å²) in [7, 11) is 3.35. The van der Waals surface area contributed by atoms with Gasteiger partial charge in [-0.1, -0.05) is 6.92 Å². The van der Waals surface area contributed by atoms with Gasteiger partial charge >= 0.3 is 0 Å². The molecule has 2 aromatic rings. The first-order valence-electron chi connectivity index (χ1n) is 11.8. The van der Waals surface area contributed by atoms with Crippen LogP contribution in [0.3, 0.4) is 0 Å². The van der Waals surface area contributed by atoms with Gasteiger partial charge in [0.05, 0.1) is 31.2 Å². The van der Waals surface area contributed by atoms with Crippen molar-refractivity contribution in [3.05, 3.63) is 48.0 Å². The van der Waals surface area contributed by atoms with E-state index in [1.54, 1.807) is 68.4 Å². The summed E-state index contributed by atoms with van der Waals surface area (Å²) in [5, 5.41) is 5.67. The van der Waals surface area contributed by atoms with Crippen LogP contribution in [0.4, 0.5) is 11.4 Å². The number of nitrogens with zero attached hydrogens (tertiary/aromatic N) is 1. The van der Waals surface area contributed by atoms with Crippen LogP contribution in [0.15, 0.2) is 42.5 Å². The van der Waals surface area contributed by atoms with E-state index in [1.807, 2.05) is 0 Å². The molecule has 1 fully saturated rings. The minimum absolute atomic E-state index is 0.125. The molecule has 2 aromatic carbocycles. The number of ether oxygens (including phenoxy) is 3. The van der Waals surface area contributed by atoms with Crippen molar-refractivity contribution < 1.29 is 28.6 Å². The van der Waals surface area contributed by atoms with Crippen molar-refractivity contribution in [2.45, 2.75) is 50.9 Å². The molecule has 0 unspecified atom stereocenters. The summed E-state index contributed by atoms with van der Waals surface area (Å²) in [4.78, 5) is 39.3. The second-order valence-electron chi connectivity index (χ2n) is 8.76. The van der Waals surface area contributed by atoms with E-state index in [4.69, 9.17) is 14.2 Å². The zero-order chi connectivity index (χ0) is 24.9. The Balaban J connectivity index is 1.40. The molecule has 0 aliphatic carbocycles. The van der Waals surface area contributed by atoms with E-state index in [-0.39, 0.29) is 49.0 Å². The van der Waals surface area contributed by atoms with E-state index < -0.39 is 0 Å². The highest BCUT2D eigenvalue weighted by molar-refractivity contribution is 5.99. The van der Waals surface area contributed by atoms with Gasteiger partial charge in [-0.25, -0.2) is 0 Å². The highest BCUT2D eigenvalue weighted by atomic mass is 16.5. The highest BCUT2D eigenvalue weighted by Crippen LogP contribution is 2.32. The van der Waals surface area contributed by atoms with Crippen LogP contribution < -0.4 is 20.1 Å². The number of amides is 3. The van der Waals surface area contributed by atoms with Crippen LogP contribution in [-0.4, -0.2) is 61.6 Å². The summed E-state index contributed by atoms with van der Waals surface area (Å²) in [5.74, 6) is 0.706. The van der Waals surface area contributed by atoms with E-state index in [0.717, 1.165) is 5.75 Å². The summed E-state index contributed by atoms with van der Waals surface area (Å²) in [6.07, 6.45) is 1.27. The van der Waals surface area contributed by atoms with E-state index in [9.17, 15) is 14.4 Å². The minimum Gasteiger partial charge on any atom is -0.497 e. The van der Waals surface area contributed by atoms with E-state index >= 15 is 0 Å². The molecular weight excluding hydrogens is 450 g/mol. The van der Waals surface area contributed by atoms with Gasteiger partial charge in [-0.15, -0.1) is 0 Å². The predicted molar refractivity (Wildman–Crippen MR) is 131 cm³/mol. The van der Waals surface area contributed by atoms with E-state index in [2.05, 4.69) is 10.6 Å². The maximum atomic E-state index is 13.3. The first kappa shape index (κ1) is 24.5. The molecule has 3 atom stereocenters. The van der Waals surface area contributed by atoms with Gasteiger partial charge in [0.15, 0.2) is 0 Å². The first-order chi connectivity index (χ1) is 16.9. The fraction of sp³-hybridized carbons (Fsp3) is 0.423. The number of hydrogen-bond acceptors (Lipinski definition) is 6. The molecule has 4 rings (SSSR count). The highest BCUT2D eigenvalue weighted by Gasteiger charge is 2.39. The summed E-state index contributed by atoms with van der Waals surface area (Å²) in [5.41, 5.74) is 1.65. The molecule has 0 radical (unpaired) electrons. The van der Waals surface area contributed by atoms with Crippen molar-refractivity contribution in [1.29, 1.82) is 0 Å². The fourth-order valence-corrected chi connectivity index (χ4v) is 4.45. The molecular formula is C26H31N3O6. The van der Waals surface area contributed by atoms with Crippen LogP contribution in [0.1, 0.15) is 43.0 Å². The number of likely N-dealkylation sites (N-methyl/N-ethyl adjacent to an activating group) is 1. The Morgan fingerprint density at radius 2 is 1.77 bits per heavy atom. The van der Waals surface area contributed by atoms with Crippen molar-refractivity contribution in [2.24, 2.45) is 0 Å². The van der Waals surface area contributed by atoms with Crippen LogP contribution >= 0.6 is 0 Å². The summed E-state index contributed by atoms with van der Waals surface area (Å²) < 4.78 is 17.4. The Morgan fingerprint density at radius 3 is 2.49 bits per heavy atom. The number of fused-ring (bicyclic) bond motifs is 2. The zero-order valence-electron chi connectivity index (χ0n) is 20.2. The maximum absolute atomic E-state index is 13.3. The van der Waals surface area contributed by atoms with Gasteiger partial charge in [-0.2, -0.15) is 0 Å². The standard InChI is InChI=1S/C26H31N3O6/c1-4-24(30)28-17-7-12-22-20(13-17)26(32)29(2)21-11-10-19(35-23(21)15-34-22)14-25(31)27-16-5-8-18(33-3)9-6-16/h5-9,12-13,19,21,23H,4,10-11,14-15H2,1-3H3,(H,27,31)(H,28,30)/t19-,21+,23-/m1/s1. The van der Waals surface area contributed by atoms with Gasteiger partial charge in [0.1, 0.15) is 24.2 Å². The number of nitrogens with one attached hydrogen (secondary N) is 2. The quantitative estimate of drug-likeness (QED) is 0.655. The van der Waals surface area contributed by atoms with Gasteiger partial charge in [0, 0.05) is 24.8 Å². The molecule has 2 N–H and O–H groups in total. The van der Waals surface area contributed by atoms with Crippen molar-refractivity contribution in [1.82, 2.24) is 4.90 Å². The summed E-state index contributed by atoms with van der Waals surface area (Å²) >= 11 is 0. The lowest BCUT2D eigenvalue weighted by Gasteiger charge is -2.42. The van der Waals surface area contributed by atoms with Crippen molar-refractivity contribution >= 4 is 29.1 Å². The average molecular weight is 482 g/mol. The normalized spacial score (nSPS) is 21.5. The van der Waals surface area contributed by atoms with Crippen LogP contribution in [0, 0.1) is 0 Å². The van der Waals surface area contributed by atoms with Crippen LogP contribution in [0.25, 0.3) is 0 Å². The van der Waals surface area contributed by atoms with Gasteiger partial charge in [0.2, 0.25) is 11.8 Å². The second kappa shape index (κ2) is 10.8. The number of methoxy groups -OCH3 is 1. The van der Waals surface area contributed by atoms with Gasteiger partial charge in [-0.05, 0) is 55.3 Å². The molecule has 0 aromatic heterocycles. The predicted octanol–water partition coefficient (Wildman–Crippen LogP) is 3.45. The van der Waals surface area contributed by atoms with Gasteiger partial charge in [0.25, 0.3) is 5.91 Å². The Kier molecular flexibility index (Phi) is 7.55. The molecule has 0 spiro atoms. The molecule has 2 aliphatic heterocycles. The molecule has 0 bridgehead atoms. The number of carbonyl (C=O) groups is 3. The Labute approximate surface area is 204 Å². The molecule has 186 valence electrons. The molecule has 2 heterocycles. The van der Waals surface area contributed by atoms with Crippen LogP contribution in [0.2, 0.25) is 0 Å². The zero-order valence-corrected chi connectivity index (χ0v) is 20.2. The number of benzene rings is 2. The Morgan fingerprint density at radius 1 is 1.06 bits per heavy atom. The minimum atomic E-state index is -0.357. The first-order valence-corrected chi connectivity index (χ1v) is 11.8. The second-order valence-corrected chi connectivity index (χ2v) is 8.76. The van der Waals surface area contributed by atoms with Crippen molar-refractivity contribution in [3.8, 4) is 11.5 Å². The van der Waals surface area contributed by atoms with Crippen molar-refractivity contribution in [3.63, 3.8) is 0 Å². The largest absolute Gasteiger partial charge is 0.497 e. The third-order valence-corrected chi connectivity index (χ3v) is 6.40. The topological polar surface area (TPSA) is 106 Å². The number of rotatable bonds is 6. The van der Waals surface area contributed by atoms with E-state index in [1.165, 1.54) is 0 Å². The monoisotopic (exact) mass is 481 g/mol. The van der Waals surface area contributed by atoms with Gasteiger partial charge < -0.3 is 29.7 Å². The lowest BCUT2D eigenvalue weighted by molar-refractivity contribution is -0.130. The lowest BCUT2D eigenvalue weighted by atomic mass is 9.94. The molecule has 9 heteroatoms. The number of anilines is 2. The average Bonchev–Trinajstić information content (AvgIpc) is 2.86. The molecule has 1 saturated heterocycles. The maximum Gasteiger partial charge on any atom is 0.257 e. The fourth-order valence-electron chi connectivity index (χ4n) is 4.45. The van der Waals surface area contributed by atoms with Crippen LogP contribution in [0.5, 0.6) is 11.5 Å². The van der Waals surface area contributed by atoms with Crippen LogP contribution in [-0.2, 0) is 14.3 Å². The lowest BCUT2D eigenvalue weighted by Crippen LogP contribution is -2.53.